The Labute approximate surface area is 164 Å². The molecule has 1 amide bonds. The Morgan fingerprint density at radius 3 is 2.37 bits per heavy atom. The van der Waals surface area contributed by atoms with E-state index in [4.69, 9.17) is 21.1 Å². The molecule has 1 saturated carbocycles. The molecule has 0 radical (unpaired) electrons. The van der Waals surface area contributed by atoms with E-state index in [1.54, 1.807) is 39.0 Å². The van der Waals surface area contributed by atoms with Gasteiger partial charge in [0, 0.05) is 13.0 Å². The number of ether oxygens (including phenoxy) is 2. The molecule has 0 unspecified atom stereocenters. The van der Waals surface area contributed by atoms with E-state index < -0.39 is 23.4 Å². The van der Waals surface area contributed by atoms with E-state index >= 15 is 0 Å². The lowest BCUT2D eigenvalue weighted by Gasteiger charge is -2.30. The second-order valence-corrected chi connectivity index (χ2v) is 8.08. The lowest BCUT2D eigenvalue weighted by atomic mass is 10.1. The molecule has 7 heteroatoms. The van der Waals surface area contributed by atoms with Crippen molar-refractivity contribution in [3.05, 3.63) is 28.8 Å². The fourth-order valence-electron chi connectivity index (χ4n) is 3.17. The molecule has 1 aliphatic carbocycles. The van der Waals surface area contributed by atoms with Crippen LogP contribution in [0.1, 0.15) is 63.7 Å². The molecule has 1 aromatic carbocycles. The van der Waals surface area contributed by atoms with E-state index in [1.165, 1.54) is 11.8 Å². The predicted molar refractivity (Wildman–Crippen MR) is 102 cm³/mol. The predicted octanol–water partition coefficient (Wildman–Crippen LogP) is 3.99. The minimum atomic E-state index is -0.638. The number of amides is 1. The highest BCUT2D eigenvalue weighted by atomic mass is 35.5. The first-order valence-electron chi connectivity index (χ1n) is 9.08. The van der Waals surface area contributed by atoms with Crippen LogP contribution in [-0.2, 0) is 14.3 Å². The zero-order valence-electron chi connectivity index (χ0n) is 16.2. The largest absolute Gasteiger partial charge is 0.459 e. The Hall–Kier alpha value is -2.08. The molecule has 0 heterocycles. The first-order chi connectivity index (χ1) is 12.6. The number of carbonyl (C=O) groups excluding carboxylic acids is 3. The van der Waals surface area contributed by atoms with Crippen molar-refractivity contribution in [2.75, 3.05) is 6.54 Å². The zero-order chi connectivity index (χ0) is 20.2. The Morgan fingerprint density at radius 1 is 1.19 bits per heavy atom. The van der Waals surface area contributed by atoms with Gasteiger partial charge in [-0.1, -0.05) is 30.5 Å². The summed E-state index contributed by atoms with van der Waals surface area (Å²) in [4.78, 5) is 38.6. The number of nitrogens with zero attached hydrogens (tertiary/aromatic N) is 1. The molecule has 27 heavy (non-hydrogen) atoms. The number of benzene rings is 1. The third-order valence-electron chi connectivity index (χ3n) is 4.19. The van der Waals surface area contributed by atoms with Crippen molar-refractivity contribution in [3.8, 4) is 5.75 Å². The van der Waals surface area contributed by atoms with Crippen LogP contribution in [0.2, 0.25) is 5.02 Å². The van der Waals surface area contributed by atoms with E-state index in [9.17, 15) is 14.4 Å². The minimum Gasteiger partial charge on any atom is -0.459 e. The maximum absolute atomic E-state index is 13.3. The molecule has 0 aromatic heterocycles. The van der Waals surface area contributed by atoms with Crippen molar-refractivity contribution in [1.82, 2.24) is 4.90 Å². The van der Waals surface area contributed by atoms with Crippen LogP contribution in [0.15, 0.2) is 18.2 Å². The number of hydrogen-bond donors (Lipinski definition) is 0. The summed E-state index contributed by atoms with van der Waals surface area (Å²) in [6.45, 7) is 6.42. The second-order valence-electron chi connectivity index (χ2n) is 7.67. The van der Waals surface area contributed by atoms with Gasteiger partial charge in [0.1, 0.15) is 12.1 Å². The van der Waals surface area contributed by atoms with Gasteiger partial charge in [-0.25, -0.2) is 0 Å². The molecule has 0 saturated heterocycles. The summed E-state index contributed by atoms with van der Waals surface area (Å²) in [5, 5.41) is 0.166. The third-order valence-corrected chi connectivity index (χ3v) is 4.49. The SMILES string of the molecule is CC(=O)Oc1c(Cl)cccc1C(=O)N(CC(=O)OC(C)(C)C)C1CCCC1. The molecule has 6 nitrogen and oxygen atoms in total. The number of esters is 2. The first-order valence-corrected chi connectivity index (χ1v) is 9.46. The van der Waals surface area contributed by atoms with Crippen molar-refractivity contribution in [2.24, 2.45) is 0 Å². The maximum atomic E-state index is 13.3. The molecule has 2 rings (SSSR count). The van der Waals surface area contributed by atoms with E-state index in [2.05, 4.69) is 0 Å². The summed E-state index contributed by atoms with van der Waals surface area (Å²) in [6, 6.07) is 4.64. The Balaban J connectivity index is 2.33. The molecule has 0 N–H and O–H groups in total. The molecule has 0 atom stereocenters. The van der Waals surface area contributed by atoms with Crippen molar-refractivity contribution < 1.29 is 23.9 Å². The number of carbonyl (C=O) groups is 3. The topological polar surface area (TPSA) is 72.9 Å². The van der Waals surface area contributed by atoms with Gasteiger partial charge in [-0.05, 0) is 45.7 Å². The van der Waals surface area contributed by atoms with Crippen LogP contribution in [0.3, 0.4) is 0 Å². The lowest BCUT2D eigenvalue weighted by molar-refractivity contribution is -0.156. The normalized spacial score (nSPS) is 14.7. The fraction of sp³-hybridized carbons (Fsp3) is 0.550. The highest BCUT2D eigenvalue weighted by Gasteiger charge is 2.32. The molecule has 1 fully saturated rings. The molecule has 0 bridgehead atoms. The molecule has 148 valence electrons. The molecule has 1 aliphatic rings. The molecular weight excluding hydrogens is 370 g/mol. The monoisotopic (exact) mass is 395 g/mol. The minimum absolute atomic E-state index is 0.0175. The van der Waals surface area contributed by atoms with Crippen LogP contribution in [0.25, 0.3) is 0 Å². The third kappa shape index (κ3) is 5.96. The highest BCUT2D eigenvalue weighted by molar-refractivity contribution is 6.32. The van der Waals surface area contributed by atoms with Gasteiger partial charge in [-0.15, -0.1) is 0 Å². The van der Waals surface area contributed by atoms with Gasteiger partial charge < -0.3 is 14.4 Å². The molecule has 0 aliphatic heterocycles. The Kier molecular flexibility index (Phi) is 6.87. The van der Waals surface area contributed by atoms with Crippen LogP contribution in [0, 0.1) is 0 Å². The molecule has 0 spiro atoms. The smallest absolute Gasteiger partial charge is 0.326 e. The summed E-state index contributed by atoms with van der Waals surface area (Å²) in [5.41, 5.74) is -0.478. The van der Waals surface area contributed by atoms with Crippen LogP contribution < -0.4 is 4.74 Å². The van der Waals surface area contributed by atoms with Crippen molar-refractivity contribution in [1.29, 1.82) is 0 Å². The van der Waals surface area contributed by atoms with Gasteiger partial charge in [0.15, 0.2) is 5.75 Å². The fourth-order valence-corrected chi connectivity index (χ4v) is 3.39. The van der Waals surface area contributed by atoms with Gasteiger partial charge in [0.2, 0.25) is 0 Å². The molecular formula is C20H26ClNO5. The Morgan fingerprint density at radius 2 is 1.81 bits per heavy atom. The van der Waals surface area contributed by atoms with Crippen LogP contribution in [-0.4, -0.2) is 40.9 Å². The number of hydrogen-bond acceptors (Lipinski definition) is 5. The summed E-state index contributed by atoms with van der Waals surface area (Å²) in [5.74, 6) is -1.43. The number of halogens is 1. The number of rotatable bonds is 5. The van der Waals surface area contributed by atoms with E-state index in [-0.39, 0.29) is 28.9 Å². The van der Waals surface area contributed by atoms with Gasteiger partial charge in [0.25, 0.3) is 5.91 Å². The quantitative estimate of drug-likeness (QED) is 0.556. The average Bonchev–Trinajstić information content (AvgIpc) is 3.06. The summed E-state index contributed by atoms with van der Waals surface area (Å²) < 4.78 is 10.5. The van der Waals surface area contributed by atoms with Crippen molar-refractivity contribution in [3.63, 3.8) is 0 Å². The Bertz CT molecular complexity index is 720. The first kappa shape index (κ1) is 21.2. The van der Waals surface area contributed by atoms with Gasteiger partial charge in [-0.2, -0.15) is 0 Å². The van der Waals surface area contributed by atoms with E-state index in [0.29, 0.717) is 0 Å². The van der Waals surface area contributed by atoms with E-state index in [1.807, 2.05) is 0 Å². The van der Waals surface area contributed by atoms with Crippen molar-refractivity contribution >= 4 is 29.4 Å². The lowest BCUT2D eigenvalue weighted by Crippen LogP contribution is -2.44. The summed E-state index contributed by atoms with van der Waals surface area (Å²) in [7, 11) is 0. The highest BCUT2D eigenvalue weighted by Crippen LogP contribution is 2.32. The summed E-state index contributed by atoms with van der Waals surface area (Å²) in [6.07, 6.45) is 3.63. The van der Waals surface area contributed by atoms with Gasteiger partial charge in [-0.3, -0.25) is 14.4 Å². The van der Waals surface area contributed by atoms with E-state index in [0.717, 1.165) is 25.7 Å². The molecule has 1 aromatic rings. The second kappa shape index (κ2) is 8.74. The van der Waals surface area contributed by atoms with Crippen LogP contribution in [0.4, 0.5) is 0 Å². The van der Waals surface area contributed by atoms with Crippen LogP contribution in [0.5, 0.6) is 5.75 Å². The maximum Gasteiger partial charge on any atom is 0.326 e. The zero-order valence-corrected chi connectivity index (χ0v) is 17.0. The average molecular weight is 396 g/mol. The standard InChI is InChI=1S/C20H26ClNO5/c1-13(23)26-18-15(10-7-11-16(18)21)19(25)22(14-8-5-6-9-14)12-17(24)27-20(2,3)4/h7,10-11,14H,5-6,8-9,12H2,1-4H3. The van der Waals surface area contributed by atoms with Gasteiger partial charge in [0.05, 0.1) is 10.6 Å². The number of para-hydroxylation sites is 1. The summed E-state index contributed by atoms with van der Waals surface area (Å²) >= 11 is 6.14. The van der Waals surface area contributed by atoms with Crippen LogP contribution >= 0.6 is 11.6 Å². The van der Waals surface area contributed by atoms with Gasteiger partial charge >= 0.3 is 11.9 Å². The van der Waals surface area contributed by atoms with Crippen molar-refractivity contribution in [2.45, 2.75) is 65.0 Å².